The number of aryl methyl sites for hydroxylation is 2. The Bertz CT molecular complexity index is 1400. The van der Waals surface area contributed by atoms with Crippen LogP contribution in [-0.4, -0.2) is 20.2 Å². The second kappa shape index (κ2) is 9.01. The largest absolute Gasteiger partial charge is 0.338 e. The summed E-state index contributed by atoms with van der Waals surface area (Å²) in [6, 6.07) is 30.5. The predicted octanol–water partition coefficient (Wildman–Crippen LogP) is 6.63. The summed E-state index contributed by atoms with van der Waals surface area (Å²) in [7, 11) is 0. The van der Waals surface area contributed by atoms with Gasteiger partial charge in [0.25, 0.3) is 0 Å². The van der Waals surface area contributed by atoms with E-state index in [2.05, 4.69) is 70.7 Å². The van der Waals surface area contributed by atoms with Gasteiger partial charge in [0.15, 0.2) is 5.82 Å². The summed E-state index contributed by atoms with van der Waals surface area (Å²) in [6.07, 6.45) is 1.73. The molecule has 33 heavy (non-hydrogen) atoms. The van der Waals surface area contributed by atoms with Gasteiger partial charge in [-0.2, -0.15) is 0 Å². The van der Waals surface area contributed by atoms with E-state index in [1.54, 1.807) is 6.20 Å². The number of pyridine rings is 1. The van der Waals surface area contributed by atoms with E-state index in [4.69, 9.17) is 4.98 Å². The minimum atomic E-state index is 0.475. The van der Waals surface area contributed by atoms with Crippen molar-refractivity contribution in [1.29, 1.82) is 0 Å². The van der Waals surface area contributed by atoms with Gasteiger partial charge in [0.2, 0.25) is 5.82 Å². The molecule has 2 heterocycles. The number of nitrogens with zero attached hydrogens (tertiary/aromatic N) is 4. The van der Waals surface area contributed by atoms with Crippen LogP contribution in [0, 0.1) is 13.8 Å². The normalized spacial score (nSPS) is 10.7. The minimum Gasteiger partial charge on any atom is -0.338 e. The number of hydrogen-bond acceptors (Lipinski definition) is 5. The SMILES string of the molecule is Cc1ccc(C)c(-c2cccc(Nc3nc(-c4ccccn4)nnc3-c3ccccc3)c2)c1. The second-order valence-corrected chi connectivity index (χ2v) is 7.94. The first-order valence-corrected chi connectivity index (χ1v) is 10.8. The summed E-state index contributed by atoms with van der Waals surface area (Å²) in [6.45, 7) is 4.25. The molecule has 0 unspecified atom stereocenters. The Kier molecular flexibility index (Phi) is 5.60. The molecule has 0 radical (unpaired) electrons. The van der Waals surface area contributed by atoms with Crippen molar-refractivity contribution >= 4 is 11.5 Å². The first kappa shape index (κ1) is 20.5. The number of hydrogen-bond donors (Lipinski definition) is 1. The van der Waals surface area contributed by atoms with E-state index in [1.807, 2.05) is 54.6 Å². The van der Waals surface area contributed by atoms with Crippen molar-refractivity contribution < 1.29 is 0 Å². The van der Waals surface area contributed by atoms with Crippen LogP contribution in [0.15, 0.2) is 97.2 Å². The summed E-state index contributed by atoms with van der Waals surface area (Å²) in [4.78, 5) is 9.18. The molecule has 5 heteroatoms. The van der Waals surface area contributed by atoms with Crippen molar-refractivity contribution in [2.24, 2.45) is 0 Å². The first-order chi connectivity index (χ1) is 16.2. The molecule has 0 atom stereocenters. The van der Waals surface area contributed by atoms with Crippen molar-refractivity contribution in [3.63, 3.8) is 0 Å². The van der Waals surface area contributed by atoms with Crippen LogP contribution in [0.2, 0.25) is 0 Å². The quantitative estimate of drug-likeness (QED) is 0.340. The summed E-state index contributed by atoms with van der Waals surface area (Å²) in [5.74, 6) is 1.11. The molecular formula is C28H23N5. The standard InChI is InChI=1S/C28H23N5/c1-19-14-15-20(2)24(17-19)22-11-8-12-23(18-22)30-28-26(21-9-4-3-5-10-21)32-33-27(31-28)25-13-6-7-16-29-25/h3-18H,1-2H3,(H,30,31,33). The molecule has 0 amide bonds. The van der Waals surface area contributed by atoms with Gasteiger partial charge >= 0.3 is 0 Å². The van der Waals surface area contributed by atoms with Crippen LogP contribution < -0.4 is 5.32 Å². The highest BCUT2D eigenvalue weighted by Gasteiger charge is 2.14. The fourth-order valence-electron chi connectivity index (χ4n) is 3.76. The lowest BCUT2D eigenvalue weighted by atomic mass is 9.98. The summed E-state index contributed by atoms with van der Waals surface area (Å²) >= 11 is 0. The van der Waals surface area contributed by atoms with E-state index in [9.17, 15) is 0 Å². The zero-order valence-corrected chi connectivity index (χ0v) is 18.5. The van der Waals surface area contributed by atoms with Gasteiger partial charge in [-0.15, -0.1) is 10.2 Å². The summed E-state index contributed by atoms with van der Waals surface area (Å²) in [5.41, 5.74) is 8.08. The molecule has 3 aromatic carbocycles. The average molecular weight is 430 g/mol. The van der Waals surface area contributed by atoms with Gasteiger partial charge in [-0.25, -0.2) is 4.98 Å². The molecule has 5 aromatic rings. The minimum absolute atomic E-state index is 0.475. The number of nitrogens with one attached hydrogen (secondary N) is 1. The molecule has 5 rings (SSSR count). The lowest BCUT2D eigenvalue weighted by molar-refractivity contribution is 0.981. The highest BCUT2D eigenvalue weighted by atomic mass is 15.2. The first-order valence-electron chi connectivity index (χ1n) is 10.8. The molecular weight excluding hydrogens is 406 g/mol. The van der Waals surface area contributed by atoms with Crippen molar-refractivity contribution in [1.82, 2.24) is 20.2 Å². The lowest BCUT2D eigenvalue weighted by Gasteiger charge is -2.13. The van der Waals surface area contributed by atoms with Gasteiger partial charge in [-0.05, 0) is 54.8 Å². The van der Waals surface area contributed by atoms with Crippen LogP contribution in [0.3, 0.4) is 0 Å². The number of rotatable bonds is 5. The van der Waals surface area contributed by atoms with Crippen molar-refractivity contribution in [2.75, 3.05) is 5.32 Å². The van der Waals surface area contributed by atoms with E-state index in [1.165, 1.54) is 16.7 Å². The molecule has 0 aliphatic heterocycles. The third-order valence-electron chi connectivity index (χ3n) is 5.46. The highest BCUT2D eigenvalue weighted by Crippen LogP contribution is 2.31. The predicted molar refractivity (Wildman–Crippen MR) is 133 cm³/mol. The Morgan fingerprint density at radius 2 is 1.52 bits per heavy atom. The Morgan fingerprint density at radius 3 is 2.33 bits per heavy atom. The van der Waals surface area contributed by atoms with Gasteiger partial charge in [0.05, 0.1) is 0 Å². The molecule has 0 bridgehead atoms. The summed E-state index contributed by atoms with van der Waals surface area (Å²) < 4.78 is 0. The van der Waals surface area contributed by atoms with Crippen LogP contribution in [-0.2, 0) is 0 Å². The van der Waals surface area contributed by atoms with Crippen molar-refractivity contribution in [2.45, 2.75) is 13.8 Å². The summed E-state index contributed by atoms with van der Waals surface area (Å²) in [5, 5.41) is 12.3. The molecule has 2 aromatic heterocycles. The Labute approximate surface area is 193 Å². The smallest absolute Gasteiger partial charge is 0.202 e. The fraction of sp³-hybridized carbons (Fsp3) is 0.0714. The number of aromatic nitrogens is 4. The van der Waals surface area contributed by atoms with Crippen LogP contribution in [0.25, 0.3) is 33.9 Å². The fourth-order valence-corrected chi connectivity index (χ4v) is 3.76. The van der Waals surface area contributed by atoms with Gasteiger partial charge in [0, 0.05) is 17.4 Å². The zero-order chi connectivity index (χ0) is 22.6. The number of benzene rings is 3. The van der Waals surface area contributed by atoms with Gasteiger partial charge < -0.3 is 5.32 Å². The Morgan fingerprint density at radius 1 is 0.697 bits per heavy atom. The molecule has 160 valence electrons. The zero-order valence-electron chi connectivity index (χ0n) is 18.5. The molecule has 0 aliphatic carbocycles. The van der Waals surface area contributed by atoms with E-state index >= 15 is 0 Å². The molecule has 5 nitrogen and oxygen atoms in total. The van der Waals surface area contributed by atoms with Gasteiger partial charge in [-0.3, -0.25) is 4.98 Å². The second-order valence-electron chi connectivity index (χ2n) is 7.94. The Balaban J connectivity index is 1.58. The number of anilines is 2. The van der Waals surface area contributed by atoms with Crippen LogP contribution in [0.1, 0.15) is 11.1 Å². The maximum atomic E-state index is 4.80. The average Bonchev–Trinajstić information content (AvgIpc) is 2.87. The third-order valence-corrected chi connectivity index (χ3v) is 5.46. The molecule has 0 saturated heterocycles. The van der Waals surface area contributed by atoms with Gasteiger partial charge in [-0.1, -0.05) is 72.3 Å². The third kappa shape index (κ3) is 4.48. The van der Waals surface area contributed by atoms with E-state index in [0.717, 1.165) is 16.8 Å². The topological polar surface area (TPSA) is 63.6 Å². The monoisotopic (exact) mass is 429 g/mol. The molecule has 1 N–H and O–H groups in total. The van der Waals surface area contributed by atoms with E-state index in [-0.39, 0.29) is 0 Å². The van der Waals surface area contributed by atoms with Crippen LogP contribution >= 0.6 is 0 Å². The van der Waals surface area contributed by atoms with Gasteiger partial charge in [0.1, 0.15) is 11.4 Å². The Hall–Kier alpha value is -4.38. The molecule has 0 saturated carbocycles. The van der Waals surface area contributed by atoms with Crippen LogP contribution in [0.4, 0.5) is 11.5 Å². The molecule has 0 fully saturated rings. The molecule has 0 aliphatic rings. The lowest BCUT2D eigenvalue weighted by Crippen LogP contribution is -2.04. The van der Waals surface area contributed by atoms with Crippen molar-refractivity contribution in [3.05, 3.63) is 108 Å². The highest BCUT2D eigenvalue weighted by molar-refractivity contribution is 5.78. The van der Waals surface area contributed by atoms with E-state index in [0.29, 0.717) is 23.0 Å². The van der Waals surface area contributed by atoms with Crippen LogP contribution in [0.5, 0.6) is 0 Å². The van der Waals surface area contributed by atoms with E-state index < -0.39 is 0 Å². The maximum Gasteiger partial charge on any atom is 0.202 e. The maximum absolute atomic E-state index is 4.80. The van der Waals surface area contributed by atoms with Crippen molar-refractivity contribution in [3.8, 4) is 33.9 Å². The molecule has 0 spiro atoms.